The van der Waals surface area contributed by atoms with Gasteiger partial charge in [-0.25, -0.2) is 9.48 Å². The molecule has 0 bridgehead atoms. The normalized spacial score (nSPS) is 13.1. The third-order valence-corrected chi connectivity index (χ3v) is 3.56. The number of carboxylic acid groups (broad SMARTS) is 1. The number of hydrogen-bond acceptors (Lipinski definition) is 5. The SMILES string of the molecule is CC(C)(C)c1ccc(-c2c(C(=O)O)nnn2CC(O)CO)cc1. The molecule has 1 aromatic carbocycles. The summed E-state index contributed by atoms with van der Waals surface area (Å²) in [6, 6.07) is 7.49. The average Bonchev–Trinajstić information content (AvgIpc) is 2.90. The second-order valence-electron chi connectivity index (χ2n) is 6.44. The van der Waals surface area contributed by atoms with Gasteiger partial charge in [-0.05, 0) is 11.0 Å². The van der Waals surface area contributed by atoms with Crippen LogP contribution < -0.4 is 0 Å². The van der Waals surface area contributed by atoms with E-state index >= 15 is 0 Å². The van der Waals surface area contributed by atoms with Gasteiger partial charge in [0.2, 0.25) is 0 Å². The summed E-state index contributed by atoms with van der Waals surface area (Å²) >= 11 is 0. The Kier molecular flexibility index (Phi) is 4.82. The van der Waals surface area contributed by atoms with Crippen LogP contribution in [0.5, 0.6) is 0 Å². The fourth-order valence-corrected chi connectivity index (χ4v) is 2.26. The van der Waals surface area contributed by atoms with Crippen LogP contribution in [0.3, 0.4) is 0 Å². The molecule has 0 aliphatic carbocycles. The number of aromatic nitrogens is 3. The van der Waals surface area contributed by atoms with Crippen molar-refractivity contribution in [1.29, 1.82) is 0 Å². The molecule has 23 heavy (non-hydrogen) atoms. The molecule has 124 valence electrons. The Labute approximate surface area is 134 Å². The van der Waals surface area contributed by atoms with E-state index in [0.717, 1.165) is 5.56 Å². The molecule has 7 nitrogen and oxygen atoms in total. The minimum atomic E-state index is -1.19. The van der Waals surface area contributed by atoms with Gasteiger partial charge in [-0.3, -0.25) is 0 Å². The number of aromatic carboxylic acids is 1. The second kappa shape index (κ2) is 6.47. The Balaban J connectivity index is 2.48. The van der Waals surface area contributed by atoms with E-state index < -0.39 is 18.7 Å². The lowest BCUT2D eigenvalue weighted by Crippen LogP contribution is -2.21. The quantitative estimate of drug-likeness (QED) is 0.766. The fourth-order valence-electron chi connectivity index (χ4n) is 2.26. The first-order valence-corrected chi connectivity index (χ1v) is 7.30. The molecule has 0 saturated carbocycles. The summed E-state index contributed by atoms with van der Waals surface area (Å²) in [4.78, 5) is 11.4. The Morgan fingerprint density at radius 1 is 1.26 bits per heavy atom. The smallest absolute Gasteiger partial charge is 0.358 e. The largest absolute Gasteiger partial charge is 0.476 e. The zero-order valence-corrected chi connectivity index (χ0v) is 13.4. The number of rotatable bonds is 5. The van der Waals surface area contributed by atoms with E-state index in [4.69, 9.17) is 5.11 Å². The van der Waals surface area contributed by atoms with Crippen LogP contribution in [0.25, 0.3) is 11.3 Å². The maximum Gasteiger partial charge on any atom is 0.358 e. The summed E-state index contributed by atoms with van der Waals surface area (Å²) < 4.78 is 1.30. The number of nitrogens with zero attached hydrogens (tertiary/aromatic N) is 3. The van der Waals surface area contributed by atoms with Crippen molar-refractivity contribution in [2.45, 2.75) is 38.8 Å². The van der Waals surface area contributed by atoms with Gasteiger partial charge in [-0.15, -0.1) is 5.10 Å². The van der Waals surface area contributed by atoms with E-state index in [1.807, 2.05) is 24.3 Å². The molecule has 0 aliphatic heterocycles. The number of carbonyl (C=O) groups is 1. The third kappa shape index (κ3) is 3.75. The maximum absolute atomic E-state index is 11.4. The molecule has 0 spiro atoms. The predicted molar refractivity (Wildman–Crippen MR) is 84.2 cm³/mol. The van der Waals surface area contributed by atoms with E-state index in [2.05, 4.69) is 31.1 Å². The van der Waals surface area contributed by atoms with E-state index in [1.54, 1.807) is 0 Å². The molecule has 1 aromatic heterocycles. The molecular formula is C16H21N3O4. The summed E-state index contributed by atoms with van der Waals surface area (Å²) in [5.74, 6) is -1.19. The third-order valence-electron chi connectivity index (χ3n) is 3.56. The zero-order valence-electron chi connectivity index (χ0n) is 13.4. The Bertz CT molecular complexity index is 686. The fraction of sp³-hybridized carbons (Fsp3) is 0.438. The Morgan fingerprint density at radius 3 is 2.35 bits per heavy atom. The van der Waals surface area contributed by atoms with Crippen LogP contribution >= 0.6 is 0 Å². The molecule has 0 amide bonds. The van der Waals surface area contributed by atoms with Crippen molar-refractivity contribution < 1.29 is 20.1 Å². The van der Waals surface area contributed by atoms with Crippen LogP contribution in [0, 0.1) is 0 Å². The summed E-state index contributed by atoms with van der Waals surface area (Å²) in [5.41, 5.74) is 1.88. The van der Waals surface area contributed by atoms with Crippen molar-refractivity contribution in [3.63, 3.8) is 0 Å². The van der Waals surface area contributed by atoms with Gasteiger partial charge in [0, 0.05) is 5.56 Å². The van der Waals surface area contributed by atoms with Crippen molar-refractivity contribution in [3.05, 3.63) is 35.5 Å². The number of hydrogen-bond donors (Lipinski definition) is 3. The van der Waals surface area contributed by atoms with E-state index in [9.17, 15) is 15.0 Å². The first kappa shape index (κ1) is 17.1. The molecular weight excluding hydrogens is 298 g/mol. The molecule has 0 fully saturated rings. The second-order valence-corrected chi connectivity index (χ2v) is 6.44. The van der Waals surface area contributed by atoms with Crippen LogP contribution in [-0.4, -0.2) is 49.0 Å². The monoisotopic (exact) mass is 319 g/mol. The maximum atomic E-state index is 11.4. The highest BCUT2D eigenvalue weighted by molar-refractivity contribution is 5.92. The van der Waals surface area contributed by atoms with Gasteiger partial charge in [0.1, 0.15) is 5.69 Å². The Morgan fingerprint density at radius 2 is 1.87 bits per heavy atom. The Hall–Kier alpha value is -2.25. The van der Waals surface area contributed by atoms with Crippen LogP contribution in [0.4, 0.5) is 0 Å². The molecule has 1 heterocycles. The van der Waals surface area contributed by atoms with Crippen molar-refractivity contribution in [3.8, 4) is 11.3 Å². The molecule has 1 atom stereocenters. The van der Waals surface area contributed by atoms with Gasteiger partial charge >= 0.3 is 5.97 Å². The molecule has 0 saturated heterocycles. The van der Waals surface area contributed by atoms with Gasteiger partial charge < -0.3 is 15.3 Å². The molecule has 7 heteroatoms. The van der Waals surface area contributed by atoms with Gasteiger partial charge in [0.05, 0.1) is 19.3 Å². The molecule has 2 rings (SSSR count). The first-order valence-electron chi connectivity index (χ1n) is 7.30. The average molecular weight is 319 g/mol. The summed E-state index contributed by atoms with van der Waals surface area (Å²) in [6.07, 6.45) is -1.04. The van der Waals surface area contributed by atoms with Gasteiger partial charge in [-0.2, -0.15) is 0 Å². The first-order chi connectivity index (χ1) is 10.7. The van der Waals surface area contributed by atoms with Crippen molar-refractivity contribution in [1.82, 2.24) is 15.0 Å². The minimum absolute atomic E-state index is 0.0142. The van der Waals surface area contributed by atoms with E-state index in [1.165, 1.54) is 4.68 Å². The molecule has 0 radical (unpaired) electrons. The topological polar surface area (TPSA) is 108 Å². The standard InChI is InChI=1S/C16H21N3O4/c1-16(2,3)11-6-4-10(5-7-11)14-13(15(22)23)17-18-19(14)8-12(21)9-20/h4-7,12,20-21H,8-9H2,1-3H3,(H,22,23). The van der Waals surface area contributed by atoms with Crippen molar-refractivity contribution >= 4 is 5.97 Å². The highest BCUT2D eigenvalue weighted by Crippen LogP contribution is 2.27. The molecule has 0 aliphatic rings. The summed E-state index contributed by atoms with van der Waals surface area (Å²) in [7, 11) is 0. The highest BCUT2D eigenvalue weighted by Gasteiger charge is 2.22. The van der Waals surface area contributed by atoms with Gasteiger partial charge in [0.25, 0.3) is 0 Å². The highest BCUT2D eigenvalue weighted by atomic mass is 16.4. The lowest BCUT2D eigenvalue weighted by atomic mass is 9.86. The van der Waals surface area contributed by atoms with E-state index in [-0.39, 0.29) is 17.7 Å². The summed E-state index contributed by atoms with van der Waals surface area (Å²) in [6.45, 7) is 5.80. The predicted octanol–water partition coefficient (Wildman–Crippen LogP) is 1.29. The van der Waals surface area contributed by atoms with Crippen LogP contribution in [0.1, 0.15) is 36.8 Å². The van der Waals surface area contributed by atoms with Crippen LogP contribution in [-0.2, 0) is 12.0 Å². The molecule has 3 N–H and O–H groups in total. The van der Waals surface area contributed by atoms with E-state index in [0.29, 0.717) is 11.3 Å². The lowest BCUT2D eigenvalue weighted by Gasteiger charge is -2.19. The number of carboxylic acids is 1. The minimum Gasteiger partial charge on any atom is -0.476 e. The number of aliphatic hydroxyl groups is 2. The van der Waals surface area contributed by atoms with Gasteiger partial charge in [0.15, 0.2) is 5.69 Å². The zero-order chi connectivity index (χ0) is 17.2. The van der Waals surface area contributed by atoms with Gasteiger partial charge in [-0.1, -0.05) is 50.3 Å². The lowest BCUT2D eigenvalue weighted by molar-refractivity contribution is 0.0690. The molecule has 1 unspecified atom stereocenters. The van der Waals surface area contributed by atoms with Crippen LogP contribution in [0.2, 0.25) is 0 Å². The van der Waals surface area contributed by atoms with Crippen LogP contribution in [0.15, 0.2) is 24.3 Å². The summed E-state index contributed by atoms with van der Waals surface area (Å²) in [5, 5.41) is 35.3. The number of aliphatic hydroxyl groups excluding tert-OH is 2. The molecule has 2 aromatic rings. The van der Waals surface area contributed by atoms with Crippen molar-refractivity contribution in [2.24, 2.45) is 0 Å². The van der Waals surface area contributed by atoms with Crippen molar-refractivity contribution in [2.75, 3.05) is 6.61 Å². The number of benzene rings is 1.